The van der Waals surface area contributed by atoms with Crippen molar-refractivity contribution in [3.63, 3.8) is 0 Å². The summed E-state index contributed by atoms with van der Waals surface area (Å²) in [5.74, 6) is 1.61. The highest BCUT2D eigenvalue weighted by atomic mass is 16.5. The molecule has 122 valence electrons. The number of piperidine rings is 1. The van der Waals surface area contributed by atoms with Crippen LogP contribution >= 0.6 is 0 Å². The number of rotatable bonds is 4. The fourth-order valence-electron chi connectivity index (χ4n) is 4.74. The lowest BCUT2D eigenvalue weighted by molar-refractivity contribution is 0.0974. The SMILES string of the molecule is CN1C(Cn2cccn2)C[C@H]2CN(CC3CCOC3)CC[C@H]21. The van der Waals surface area contributed by atoms with Crippen molar-refractivity contribution in [2.24, 2.45) is 11.8 Å². The van der Waals surface area contributed by atoms with Gasteiger partial charge in [-0.15, -0.1) is 0 Å². The predicted molar refractivity (Wildman–Crippen MR) is 85.7 cm³/mol. The van der Waals surface area contributed by atoms with Crippen molar-refractivity contribution < 1.29 is 4.74 Å². The Bertz CT molecular complexity index is 471. The molecule has 0 radical (unpaired) electrons. The average molecular weight is 304 g/mol. The molecular formula is C17H28N4O. The van der Waals surface area contributed by atoms with Gasteiger partial charge in [0.2, 0.25) is 0 Å². The summed E-state index contributed by atoms with van der Waals surface area (Å²) in [6.45, 7) is 6.77. The predicted octanol–water partition coefficient (Wildman–Crippen LogP) is 1.31. The zero-order chi connectivity index (χ0) is 14.9. The lowest BCUT2D eigenvalue weighted by Crippen LogP contribution is -2.47. The Morgan fingerprint density at radius 3 is 3.00 bits per heavy atom. The Balaban J connectivity index is 1.34. The van der Waals surface area contributed by atoms with Crippen molar-refractivity contribution in [1.29, 1.82) is 0 Å². The van der Waals surface area contributed by atoms with Crippen molar-refractivity contribution >= 4 is 0 Å². The Morgan fingerprint density at radius 1 is 1.27 bits per heavy atom. The third-order valence-corrected chi connectivity index (χ3v) is 5.95. The van der Waals surface area contributed by atoms with Crippen LogP contribution in [0.4, 0.5) is 0 Å². The van der Waals surface area contributed by atoms with Crippen LogP contribution in [0.5, 0.6) is 0 Å². The standard InChI is InChI=1S/C17H28N4O/c1-19-16(12-21-6-2-5-18-21)9-15-11-20(7-3-17(15)19)10-14-4-8-22-13-14/h2,5-6,14-17H,3-4,7-13H2,1H3/t14?,15-,16?,17+/m0/s1. The summed E-state index contributed by atoms with van der Waals surface area (Å²) >= 11 is 0. The monoisotopic (exact) mass is 304 g/mol. The molecule has 0 aliphatic carbocycles. The summed E-state index contributed by atoms with van der Waals surface area (Å²) in [4.78, 5) is 5.33. The molecule has 4 atom stereocenters. The summed E-state index contributed by atoms with van der Waals surface area (Å²) in [7, 11) is 2.32. The van der Waals surface area contributed by atoms with Crippen LogP contribution in [0.3, 0.4) is 0 Å². The quantitative estimate of drug-likeness (QED) is 0.840. The number of hydrogen-bond donors (Lipinski definition) is 0. The molecule has 0 aromatic carbocycles. The topological polar surface area (TPSA) is 33.5 Å². The molecule has 3 aliphatic heterocycles. The second-order valence-electron chi connectivity index (χ2n) is 7.39. The number of likely N-dealkylation sites (tertiary alicyclic amines) is 2. The van der Waals surface area contributed by atoms with E-state index in [0.29, 0.717) is 6.04 Å². The van der Waals surface area contributed by atoms with Crippen LogP contribution < -0.4 is 0 Å². The Morgan fingerprint density at radius 2 is 2.23 bits per heavy atom. The molecule has 0 saturated carbocycles. The molecule has 1 aromatic heterocycles. The highest BCUT2D eigenvalue weighted by Crippen LogP contribution is 2.35. The zero-order valence-corrected chi connectivity index (χ0v) is 13.6. The van der Waals surface area contributed by atoms with E-state index in [-0.39, 0.29) is 0 Å². The molecule has 0 bridgehead atoms. The fourth-order valence-corrected chi connectivity index (χ4v) is 4.74. The summed E-state index contributed by atoms with van der Waals surface area (Å²) in [6, 6.07) is 3.44. The van der Waals surface area contributed by atoms with Gasteiger partial charge in [-0.2, -0.15) is 5.10 Å². The molecule has 5 heteroatoms. The second kappa shape index (κ2) is 6.30. The third-order valence-electron chi connectivity index (χ3n) is 5.95. The first kappa shape index (κ1) is 14.7. The molecule has 3 saturated heterocycles. The minimum absolute atomic E-state index is 0.643. The molecular weight excluding hydrogens is 276 g/mol. The summed E-state index contributed by atoms with van der Waals surface area (Å²) in [5.41, 5.74) is 0. The molecule has 4 heterocycles. The highest BCUT2D eigenvalue weighted by Gasteiger charge is 2.42. The molecule has 0 N–H and O–H groups in total. The van der Waals surface area contributed by atoms with E-state index in [9.17, 15) is 0 Å². The number of nitrogens with zero attached hydrogens (tertiary/aromatic N) is 4. The molecule has 1 aromatic rings. The second-order valence-corrected chi connectivity index (χ2v) is 7.39. The molecule has 5 nitrogen and oxygen atoms in total. The lowest BCUT2D eigenvalue weighted by Gasteiger charge is -2.38. The van der Waals surface area contributed by atoms with Gasteiger partial charge in [0.05, 0.1) is 13.2 Å². The zero-order valence-electron chi connectivity index (χ0n) is 13.6. The number of fused-ring (bicyclic) bond motifs is 1. The van der Waals surface area contributed by atoms with Gasteiger partial charge in [-0.25, -0.2) is 0 Å². The first-order valence-electron chi connectivity index (χ1n) is 8.79. The number of ether oxygens (including phenoxy) is 1. The van der Waals surface area contributed by atoms with Gasteiger partial charge in [0, 0.05) is 44.2 Å². The van der Waals surface area contributed by atoms with E-state index >= 15 is 0 Å². The largest absolute Gasteiger partial charge is 0.381 e. The van der Waals surface area contributed by atoms with E-state index in [1.54, 1.807) is 0 Å². The first-order valence-corrected chi connectivity index (χ1v) is 8.79. The Hall–Kier alpha value is -0.910. The number of hydrogen-bond acceptors (Lipinski definition) is 4. The van der Waals surface area contributed by atoms with Gasteiger partial charge in [-0.3, -0.25) is 9.58 Å². The van der Waals surface area contributed by atoms with Gasteiger partial charge < -0.3 is 9.64 Å². The lowest BCUT2D eigenvalue weighted by atomic mass is 9.91. The van der Waals surface area contributed by atoms with E-state index in [1.165, 1.54) is 38.9 Å². The number of aromatic nitrogens is 2. The summed E-state index contributed by atoms with van der Waals surface area (Å²) < 4.78 is 7.62. The Kier molecular flexibility index (Phi) is 4.20. The first-order chi connectivity index (χ1) is 10.8. The summed E-state index contributed by atoms with van der Waals surface area (Å²) in [6.07, 6.45) is 7.87. The summed E-state index contributed by atoms with van der Waals surface area (Å²) in [5, 5.41) is 4.38. The molecule has 3 fully saturated rings. The van der Waals surface area contributed by atoms with Gasteiger partial charge in [0.1, 0.15) is 0 Å². The van der Waals surface area contributed by atoms with E-state index < -0.39 is 0 Å². The molecule has 22 heavy (non-hydrogen) atoms. The van der Waals surface area contributed by atoms with E-state index in [4.69, 9.17) is 4.74 Å². The van der Waals surface area contributed by atoms with Gasteiger partial charge in [-0.05, 0) is 50.8 Å². The van der Waals surface area contributed by atoms with Crippen LogP contribution in [0, 0.1) is 11.8 Å². The maximum atomic E-state index is 5.53. The molecule has 4 rings (SSSR count). The van der Waals surface area contributed by atoms with E-state index in [1.807, 2.05) is 12.3 Å². The van der Waals surface area contributed by atoms with Gasteiger partial charge in [-0.1, -0.05) is 0 Å². The fraction of sp³-hybridized carbons (Fsp3) is 0.824. The Labute approximate surface area is 133 Å². The smallest absolute Gasteiger partial charge is 0.0565 e. The van der Waals surface area contributed by atoms with Gasteiger partial charge in [0.15, 0.2) is 0 Å². The van der Waals surface area contributed by atoms with Crippen molar-refractivity contribution in [2.45, 2.75) is 37.9 Å². The van der Waals surface area contributed by atoms with Gasteiger partial charge in [0.25, 0.3) is 0 Å². The third kappa shape index (κ3) is 2.94. The van der Waals surface area contributed by atoms with E-state index in [2.05, 4.69) is 32.8 Å². The van der Waals surface area contributed by atoms with Crippen LogP contribution in [0.2, 0.25) is 0 Å². The maximum absolute atomic E-state index is 5.53. The average Bonchev–Trinajstić information content (AvgIpc) is 3.24. The van der Waals surface area contributed by atoms with Crippen molar-refractivity contribution in [3.05, 3.63) is 18.5 Å². The van der Waals surface area contributed by atoms with Crippen LogP contribution in [0.15, 0.2) is 18.5 Å². The van der Waals surface area contributed by atoms with Crippen LogP contribution in [-0.2, 0) is 11.3 Å². The van der Waals surface area contributed by atoms with Gasteiger partial charge >= 0.3 is 0 Å². The van der Waals surface area contributed by atoms with E-state index in [0.717, 1.165) is 37.6 Å². The number of likely N-dealkylation sites (N-methyl/N-ethyl adjacent to an activating group) is 1. The van der Waals surface area contributed by atoms with Crippen molar-refractivity contribution in [3.8, 4) is 0 Å². The maximum Gasteiger partial charge on any atom is 0.0565 e. The van der Waals surface area contributed by atoms with Crippen LogP contribution in [0.1, 0.15) is 19.3 Å². The molecule has 0 amide bonds. The minimum atomic E-state index is 0.643. The molecule has 0 spiro atoms. The van der Waals surface area contributed by atoms with Crippen molar-refractivity contribution in [1.82, 2.24) is 19.6 Å². The van der Waals surface area contributed by atoms with Crippen molar-refractivity contribution in [2.75, 3.05) is 39.9 Å². The molecule has 3 aliphatic rings. The highest BCUT2D eigenvalue weighted by molar-refractivity contribution is 4.97. The molecule has 2 unspecified atom stereocenters. The van der Waals surface area contributed by atoms with Crippen LogP contribution in [-0.4, -0.2) is 71.6 Å². The minimum Gasteiger partial charge on any atom is -0.381 e. The van der Waals surface area contributed by atoms with Crippen LogP contribution in [0.25, 0.3) is 0 Å². The normalized spacial score (nSPS) is 36.8.